The third-order valence-corrected chi connectivity index (χ3v) is 3.45. The molecule has 0 bridgehead atoms. The molecule has 0 fully saturated rings. The van der Waals surface area contributed by atoms with Crippen molar-refractivity contribution in [1.29, 1.82) is 0 Å². The number of urea groups is 1. The van der Waals surface area contributed by atoms with Crippen LogP contribution in [0.25, 0.3) is 0 Å². The summed E-state index contributed by atoms with van der Waals surface area (Å²) in [5.41, 5.74) is -0.182. The van der Waals surface area contributed by atoms with Crippen LogP contribution in [0.1, 0.15) is 20.8 Å². The number of amides is 3. The zero-order valence-corrected chi connectivity index (χ0v) is 14.6. The number of ether oxygens (including phenoxy) is 1. The Bertz CT molecular complexity index is 680. The Morgan fingerprint density at radius 1 is 1.08 bits per heavy atom. The van der Waals surface area contributed by atoms with E-state index in [1.807, 2.05) is 0 Å². The van der Waals surface area contributed by atoms with E-state index < -0.39 is 27.7 Å². The first-order valence-electron chi connectivity index (χ1n) is 7.12. The second-order valence-electron chi connectivity index (χ2n) is 5.88. The largest absolute Gasteiger partial charge is 0.444 e. The fraction of sp³-hybridized carbons (Fsp3) is 0.429. The predicted octanol–water partition coefficient (Wildman–Crippen LogP) is 0.980. The van der Waals surface area contributed by atoms with Gasteiger partial charge in [0.05, 0.1) is 4.90 Å². The number of primary sulfonamides is 1. The van der Waals surface area contributed by atoms with Gasteiger partial charge in [-0.25, -0.2) is 23.1 Å². The number of nitrogens with two attached hydrogens (primary N) is 1. The average Bonchev–Trinajstić information content (AvgIpc) is 2.41. The molecule has 0 saturated carbocycles. The first-order chi connectivity index (χ1) is 11.0. The van der Waals surface area contributed by atoms with Crippen LogP contribution in [0.4, 0.5) is 15.3 Å². The Kier molecular flexibility index (Phi) is 6.55. The molecule has 3 amide bonds. The second kappa shape index (κ2) is 7.97. The van der Waals surface area contributed by atoms with Gasteiger partial charge in [-0.05, 0) is 45.0 Å². The molecule has 9 nitrogen and oxygen atoms in total. The summed E-state index contributed by atoms with van der Waals surface area (Å²) >= 11 is 0. The number of benzene rings is 1. The molecule has 0 atom stereocenters. The Labute approximate surface area is 141 Å². The maximum Gasteiger partial charge on any atom is 0.407 e. The third kappa shape index (κ3) is 7.79. The number of anilines is 1. The van der Waals surface area contributed by atoms with Crippen LogP contribution in [-0.4, -0.2) is 39.2 Å². The molecule has 5 N–H and O–H groups in total. The van der Waals surface area contributed by atoms with E-state index in [0.717, 1.165) is 0 Å². The summed E-state index contributed by atoms with van der Waals surface area (Å²) in [6.45, 7) is 5.64. The fourth-order valence-electron chi connectivity index (χ4n) is 1.56. The number of hydrogen-bond acceptors (Lipinski definition) is 5. The van der Waals surface area contributed by atoms with Crippen LogP contribution >= 0.6 is 0 Å². The van der Waals surface area contributed by atoms with Crippen LogP contribution in [0.3, 0.4) is 0 Å². The van der Waals surface area contributed by atoms with Crippen molar-refractivity contribution in [3.05, 3.63) is 24.3 Å². The number of sulfonamides is 1. The normalized spacial score (nSPS) is 11.5. The first-order valence-corrected chi connectivity index (χ1v) is 8.66. The van der Waals surface area contributed by atoms with Gasteiger partial charge in [-0.15, -0.1) is 0 Å². The molecule has 1 rings (SSSR count). The van der Waals surface area contributed by atoms with Crippen molar-refractivity contribution in [3.8, 4) is 0 Å². The third-order valence-electron chi connectivity index (χ3n) is 2.52. The van der Waals surface area contributed by atoms with Crippen LogP contribution in [0, 0.1) is 0 Å². The number of alkyl carbamates (subject to hydrolysis) is 1. The van der Waals surface area contributed by atoms with Crippen molar-refractivity contribution in [2.24, 2.45) is 5.14 Å². The quantitative estimate of drug-likeness (QED) is 0.581. The highest BCUT2D eigenvalue weighted by Crippen LogP contribution is 2.12. The van der Waals surface area contributed by atoms with Gasteiger partial charge in [0.2, 0.25) is 10.0 Å². The van der Waals surface area contributed by atoms with Crippen LogP contribution in [-0.2, 0) is 14.8 Å². The summed E-state index contributed by atoms with van der Waals surface area (Å²) in [5, 5.41) is 12.5. The van der Waals surface area contributed by atoms with E-state index in [4.69, 9.17) is 9.88 Å². The van der Waals surface area contributed by atoms with Crippen molar-refractivity contribution in [2.75, 3.05) is 18.4 Å². The molecule has 1 aromatic carbocycles. The van der Waals surface area contributed by atoms with Gasteiger partial charge in [0.25, 0.3) is 0 Å². The van der Waals surface area contributed by atoms with Crippen LogP contribution in [0.15, 0.2) is 29.2 Å². The summed E-state index contributed by atoms with van der Waals surface area (Å²) in [6.07, 6.45) is -0.566. The van der Waals surface area contributed by atoms with E-state index in [9.17, 15) is 18.0 Å². The van der Waals surface area contributed by atoms with Gasteiger partial charge < -0.3 is 20.7 Å². The van der Waals surface area contributed by atoms with Crippen molar-refractivity contribution in [1.82, 2.24) is 10.6 Å². The number of hydrogen-bond donors (Lipinski definition) is 4. The minimum absolute atomic E-state index is 0.0463. The molecule has 24 heavy (non-hydrogen) atoms. The summed E-state index contributed by atoms with van der Waals surface area (Å²) in [7, 11) is -3.77. The molecule has 134 valence electrons. The summed E-state index contributed by atoms with van der Waals surface area (Å²) < 4.78 is 27.3. The maximum absolute atomic E-state index is 11.7. The van der Waals surface area contributed by atoms with Gasteiger partial charge in [0, 0.05) is 18.8 Å². The lowest BCUT2D eigenvalue weighted by Gasteiger charge is -2.19. The Morgan fingerprint density at radius 3 is 2.12 bits per heavy atom. The Morgan fingerprint density at radius 2 is 1.62 bits per heavy atom. The molecule has 0 aliphatic heterocycles. The lowest BCUT2D eigenvalue weighted by atomic mass is 10.2. The molecule has 10 heteroatoms. The topological polar surface area (TPSA) is 140 Å². The van der Waals surface area contributed by atoms with Gasteiger partial charge in [0.1, 0.15) is 5.60 Å². The van der Waals surface area contributed by atoms with Gasteiger partial charge >= 0.3 is 12.1 Å². The molecule has 0 aliphatic carbocycles. The van der Waals surface area contributed by atoms with Crippen LogP contribution < -0.4 is 21.1 Å². The Hall–Kier alpha value is -2.33. The highest BCUT2D eigenvalue weighted by molar-refractivity contribution is 7.89. The molecule has 0 heterocycles. The average molecular weight is 358 g/mol. The number of carbonyl (C=O) groups excluding carboxylic acids is 2. The van der Waals surface area contributed by atoms with Crippen LogP contribution in [0.2, 0.25) is 0 Å². The van der Waals surface area contributed by atoms with E-state index in [1.54, 1.807) is 20.8 Å². The smallest absolute Gasteiger partial charge is 0.407 e. The predicted molar refractivity (Wildman–Crippen MR) is 89.1 cm³/mol. The standard InChI is InChI=1S/C14H22N4O5S/c1-14(2,3)23-13(20)17-9-8-16-12(19)18-10-4-6-11(7-5-10)24(15,21)22/h4-7H,8-9H2,1-3H3,(H,17,20)(H2,15,21,22)(H2,16,18,19). The maximum atomic E-state index is 11.7. The van der Waals surface area contributed by atoms with Crippen LogP contribution in [0.5, 0.6) is 0 Å². The fourth-order valence-corrected chi connectivity index (χ4v) is 2.07. The minimum atomic E-state index is -3.77. The molecular formula is C14H22N4O5S. The second-order valence-corrected chi connectivity index (χ2v) is 7.44. The van der Waals surface area contributed by atoms with Gasteiger partial charge in [-0.3, -0.25) is 0 Å². The highest BCUT2D eigenvalue weighted by Gasteiger charge is 2.15. The molecule has 0 aliphatic rings. The summed E-state index contributed by atoms with van der Waals surface area (Å²) in [6, 6.07) is 4.91. The van der Waals surface area contributed by atoms with Gasteiger partial charge in [-0.2, -0.15) is 0 Å². The van der Waals surface area contributed by atoms with Crippen molar-refractivity contribution in [3.63, 3.8) is 0 Å². The minimum Gasteiger partial charge on any atom is -0.444 e. The first kappa shape index (κ1) is 19.7. The van der Waals surface area contributed by atoms with Crippen molar-refractivity contribution in [2.45, 2.75) is 31.3 Å². The van der Waals surface area contributed by atoms with Crippen molar-refractivity contribution < 1.29 is 22.7 Å². The summed E-state index contributed by atoms with van der Waals surface area (Å²) in [5.74, 6) is 0. The summed E-state index contributed by atoms with van der Waals surface area (Å²) in [4.78, 5) is 23.0. The molecule has 0 radical (unpaired) electrons. The van der Waals surface area contributed by atoms with E-state index in [1.165, 1.54) is 24.3 Å². The van der Waals surface area contributed by atoms with E-state index in [2.05, 4.69) is 16.0 Å². The zero-order valence-electron chi connectivity index (χ0n) is 13.8. The molecule has 0 saturated heterocycles. The lowest BCUT2D eigenvalue weighted by Crippen LogP contribution is -2.39. The lowest BCUT2D eigenvalue weighted by molar-refractivity contribution is 0.0528. The SMILES string of the molecule is CC(C)(C)OC(=O)NCCNC(=O)Nc1ccc(S(N)(=O)=O)cc1. The van der Waals surface area contributed by atoms with E-state index in [0.29, 0.717) is 5.69 Å². The van der Waals surface area contributed by atoms with Crippen molar-refractivity contribution >= 4 is 27.8 Å². The molecular weight excluding hydrogens is 336 g/mol. The molecule has 0 aromatic heterocycles. The van der Waals surface area contributed by atoms with E-state index in [-0.39, 0.29) is 18.0 Å². The molecule has 1 aromatic rings. The zero-order chi connectivity index (χ0) is 18.4. The number of rotatable bonds is 5. The van der Waals surface area contributed by atoms with Gasteiger partial charge in [-0.1, -0.05) is 0 Å². The molecule has 0 spiro atoms. The molecule has 0 unspecified atom stereocenters. The number of carbonyl (C=O) groups is 2. The monoisotopic (exact) mass is 358 g/mol. The Balaban J connectivity index is 2.33. The van der Waals surface area contributed by atoms with Gasteiger partial charge in [0.15, 0.2) is 0 Å². The number of nitrogens with one attached hydrogen (secondary N) is 3. The highest BCUT2D eigenvalue weighted by atomic mass is 32.2. The van der Waals surface area contributed by atoms with E-state index >= 15 is 0 Å².